The number of allylic oxidation sites excluding steroid dienone is 1. The summed E-state index contributed by atoms with van der Waals surface area (Å²) in [7, 11) is 3.97. The van der Waals surface area contributed by atoms with Gasteiger partial charge in [0, 0.05) is 25.3 Å². The second-order valence-electron chi connectivity index (χ2n) is 3.46. The molecule has 0 saturated carbocycles. The van der Waals surface area contributed by atoms with Gasteiger partial charge < -0.3 is 4.90 Å². The average Bonchev–Trinajstić information content (AvgIpc) is 2.15. The van der Waals surface area contributed by atoms with Gasteiger partial charge in [0.25, 0.3) is 0 Å². The zero-order chi connectivity index (χ0) is 10.7. The van der Waals surface area contributed by atoms with Crippen LogP contribution in [0.3, 0.4) is 0 Å². The third-order valence-electron chi connectivity index (χ3n) is 2.15. The monoisotopic (exact) mass is 189 g/mol. The van der Waals surface area contributed by atoms with Crippen molar-refractivity contribution in [2.45, 2.75) is 6.92 Å². The minimum atomic E-state index is -0.0293. The van der Waals surface area contributed by atoms with E-state index in [4.69, 9.17) is 0 Å². The van der Waals surface area contributed by atoms with Crippen LogP contribution >= 0.6 is 0 Å². The van der Waals surface area contributed by atoms with Crippen LogP contribution in [0.15, 0.2) is 30.9 Å². The van der Waals surface area contributed by atoms with Crippen molar-refractivity contribution in [3.8, 4) is 0 Å². The Hall–Kier alpha value is -1.57. The molecule has 0 aliphatic carbocycles. The van der Waals surface area contributed by atoms with Crippen LogP contribution in [0.4, 0.5) is 5.69 Å². The molecule has 0 spiro atoms. The number of benzene rings is 1. The van der Waals surface area contributed by atoms with E-state index in [9.17, 15) is 4.79 Å². The number of aryl methyl sites for hydroxylation is 1. The lowest BCUT2D eigenvalue weighted by Crippen LogP contribution is -2.10. The molecule has 0 bridgehead atoms. The van der Waals surface area contributed by atoms with Crippen molar-refractivity contribution >= 4 is 11.5 Å². The molecule has 14 heavy (non-hydrogen) atoms. The SMILES string of the molecule is C=CC(=O)c1ccc(N(C)C)c(C)c1. The highest BCUT2D eigenvalue weighted by atomic mass is 16.1. The van der Waals surface area contributed by atoms with Gasteiger partial charge in [0.15, 0.2) is 5.78 Å². The first kappa shape index (κ1) is 10.5. The summed E-state index contributed by atoms with van der Waals surface area (Å²) in [6, 6.07) is 5.66. The number of nitrogens with zero attached hydrogens (tertiary/aromatic N) is 1. The molecule has 0 atom stereocenters. The van der Waals surface area contributed by atoms with Crippen LogP contribution in [0.2, 0.25) is 0 Å². The van der Waals surface area contributed by atoms with Gasteiger partial charge in [-0.05, 0) is 36.8 Å². The summed E-state index contributed by atoms with van der Waals surface area (Å²) in [4.78, 5) is 13.3. The lowest BCUT2D eigenvalue weighted by atomic mass is 10.1. The highest BCUT2D eigenvalue weighted by Gasteiger charge is 2.05. The van der Waals surface area contributed by atoms with Gasteiger partial charge in [-0.1, -0.05) is 6.58 Å². The lowest BCUT2D eigenvalue weighted by molar-refractivity contribution is 0.104. The Balaban J connectivity index is 3.12. The Kier molecular flexibility index (Phi) is 3.07. The zero-order valence-electron chi connectivity index (χ0n) is 8.87. The molecule has 0 aromatic heterocycles. The molecule has 0 unspecified atom stereocenters. The van der Waals surface area contributed by atoms with Crippen LogP contribution in [0.25, 0.3) is 0 Å². The van der Waals surface area contributed by atoms with Gasteiger partial charge in [0.2, 0.25) is 0 Å². The van der Waals surface area contributed by atoms with Gasteiger partial charge in [-0.2, -0.15) is 0 Å². The Morgan fingerprint density at radius 2 is 2.07 bits per heavy atom. The van der Waals surface area contributed by atoms with Crippen molar-refractivity contribution in [1.82, 2.24) is 0 Å². The van der Waals surface area contributed by atoms with Crippen LogP contribution < -0.4 is 4.90 Å². The van der Waals surface area contributed by atoms with Gasteiger partial charge in [-0.15, -0.1) is 0 Å². The molecule has 0 aliphatic heterocycles. The average molecular weight is 189 g/mol. The molecule has 0 N–H and O–H groups in total. The number of hydrogen-bond donors (Lipinski definition) is 0. The van der Waals surface area contributed by atoms with E-state index in [0.717, 1.165) is 11.3 Å². The van der Waals surface area contributed by atoms with Crippen molar-refractivity contribution in [1.29, 1.82) is 0 Å². The van der Waals surface area contributed by atoms with E-state index in [1.807, 2.05) is 44.1 Å². The summed E-state index contributed by atoms with van der Waals surface area (Å²) in [5.74, 6) is -0.0293. The van der Waals surface area contributed by atoms with Crippen LogP contribution in [0, 0.1) is 6.92 Å². The Labute approximate surface area is 84.9 Å². The number of carbonyl (C=O) groups is 1. The molecule has 0 fully saturated rings. The predicted octanol–water partition coefficient (Wildman–Crippen LogP) is 2.43. The van der Waals surface area contributed by atoms with E-state index in [-0.39, 0.29) is 5.78 Å². The molecule has 0 radical (unpaired) electrons. The molecule has 1 aromatic rings. The summed E-state index contributed by atoms with van der Waals surface area (Å²) < 4.78 is 0. The maximum absolute atomic E-state index is 11.3. The largest absolute Gasteiger partial charge is 0.377 e. The van der Waals surface area contributed by atoms with Crippen LogP contribution in [0.1, 0.15) is 15.9 Å². The first-order valence-corrected chi connectivity index (χ1v) is 4.51. The second kappa shape index (κ2) is 4.09. The number of ketones is 1. The number of carbonyl (C=O) groups excluding carboxylic acids is 1. The van der Waals surface area contributed by atoms with Gasteiger partial charge in [0.1, 0.15) is 0 Å². The fourth-order valence-corrected chi connectivity index (χ4v) is 1.43. The molecule has 74 valence electrons. The summed E-state index contributed by atoms with van der Waals surface area (Å²) >= 11 is 0. The standard InChI is InChI=1S/C12H15NO/c1-5-12(14)10-6-7-11(13(3)4)9(2)8-10/h5-8H,1H2,2-4H3. The molecule has 0 saturated heterocycles. The highest BCUT2D eigenvalue weighted by Crippen LogP contribution is 2.19. The number of anilines is 1. The molecule has 1 aromatic carbocycles. The van der Waals surface area contributed by atoms with E-state index in [1.54, 1.807) is 0 Å². The Morgan fingerprint density at radius 1 is 1.43 bits per heavy atom. The molecule has 0 aliphatic rings. The van der Waals surface area contributed by atoms with Gasteiger partial charge in [-0.25, -0.2) is 0 Å². The zero-order valence-corrected chi connectivity index (χ0v) is 8.87. The quantitative estimate of drug-likeness (QED) is 0.537. The summed E-state index contributed by atoms with van der Waals surface area (Å²) in [5, 5.41) is 0. The van der Waals surface area contributed by atoms with E-state index in [2.05, 4.69) is 6.58 Å². The molecule has 0 amide bonds. The molecule has 1 rings (SSSR count). The number of rotatable bonds is 3. The van der Waals surface area contributed by atoms with Gasteiger partial charge in [0.05, 0.1) is 0 Å². The lowest BCUT2D eigenvalue weighted by Gasteiger charge is -2.15. The molecule has 2 heteroatoms. The minimum Gasteiger partial charge on any atom is -0.377 e. The van der Waals surface area contributed by atoms with Crippen molar-refractivity contribution in [3.05, 3.63) is 42.0 Å². The van der Waals surface area contributed by atoms with Crippen molar-refractivity contribution < 1.29 is 4.79 Å². The summed E-state index contributed by atoms with van der Waals surface area (Å²) in [6.07, 6.45) is 1.34. The van der Waals surface area contributed by atoms with Crippen molar-refractivity contribution in [2.75, 3.05) is 19.0 Å². The fourth-order valence-electron chi connectivity index (χ4n) is 1.43. The maximum Gasteiger partial charge on any atom is 0.185 e. The van der Waals surface area contributed by atoms with E-state index in [1.165, 1.54) is 6.08 Å². The van der Waals surface area contributed by atoms with Gasteiger partial charge >= 0.3 is 0 Å². The Bertz CT molecular complexity index is 367. The molecular weight excluding hydrogens is 174 g/mol. The van der Waals surface area contributed by atoms with E-state index < -0.39 is 0 Å². The highest BCUT2D eigenvalue weighted by molar-refractivity contribution is 6.04. The third-order valence-corrected chi connectivity index (χ3v) is 2.15. The van der Waals surface area contributed by atoms with Crippen LogP contribution in [0.5, 0.6) is 0 Å². The van der Waals surface area contributed by atoms with Crippen molar-refractivity contribution in [2.24, 2.45) is 0 Å². The van der Waals surface area contributed by atoms with Crippen LogP contribution in [-0.4, -0.2) is 19.9 Å². The summed E-state index contributed by atoms with van der Waals surface area (Å²) in [5.41, 5.74) is 2.93. The van der Waals surface area contributed by atoms with Crippen molar-refractivity contribution in [3.63, 3.8) is 0 Å². The topological polar surface area (TPSA) is 20.3 Å². The third kappa shape index (κ3) is 2.02. The molecular formula is C12H15NO. The predicted molar refractivity (Wildman–Crippen MR) is 60.0 cm³/mol. The van der Waals surface area contributed by atoms with E-state index >= 15 is 0 Å². The summed E-state index contributed by atoms with van der Waals surface area (Å²) in [6.45, 7) is 5.46. The normalized spacial score (nSPS) is 9.64. The van der Waals surface area contributed by atoms with Gasteiger partial charge in [-0.3, -0.25) is 4.79 Å². The Morgan fingerprint density at radius 3 is 2.50 bits per heavy atom. The first-order chi connectivity index (χ1) is 6.56. The fraction of sp³-hybridized carbons (Fsp3) is 0.250. The van der Waals surface area contributed by atoms with E-state index in [0.29, 0.717) is 5.56 Å². The maximum atomic E-state index is 11.3. The smallest absolute Gasteiger partial charge is 0.185 e. The second-order valence-corrected chi connectivity index (χ2v) is 3.46. The first-order valence-electron chi connectivity index (χ1n) is 4.51. The molecule has 0 heterocycles. The molecule has 2 nitrogen and oxygen atoms in total. The van der Waals surface area contributed by atoms with Crippen LogP contribution in [-0.2, 0) is 0 Å². The minimum absolute atomic E-state index is 0.0293. The number of hydrogen-bond acceptors (Lipinski definition) is 2.